The highest BCUT2D eigenvalue weighted by Crippen LogP contribution is 2.16. The van der Waals surface area contributed by atoms with E-state index in [1.165, 1.54) is 4.68 Å². The van der Waals surface area contributed by atoms with E-state index in [9.17, 15) is 8.78 Å². The number of nitrogens with zero attached hydrogens (tertiary/aromatic N) is 2. The summed E-state index contributed by atoms with van der Waals surface area (Å²) in [6.07, 6.45) is -0.823. The maximum atomic E-state index is 12.2. The molecule has 2 rings (SSSR count). The van der Waals surface area contributed by atoms with Gasteiger partial charge < -0.3 is 10.1 Å². The molecule has 6 heteroatoms. The molecule has 0 saturated heterocycles. The molecule has 0 bridgehead atoms. The van der Waals surface area contributed by atoms with Crippen molar-refractivity contribution < 1.29 is 13.5 Å². The van der Waals surface area contributed by atoms with Gasteiger partial charge in [0.15, 0.2) is 0 Å². The Labute approximate surface area is 116 Å². The van der Waals surface area contributed by atoms with E-state index < -0.39 is 6.43 Å². The van der Waals surface area contributed by atoms with Gasteiger partial charge in [0.2, 0.25) is 0 Å². The fourth-order valence-electron chi connectivity index (χ4n) is 1.92. The minimum Gasteiger partial charge on any atom is -0.496 e. The number of benzene rings is 1. The SMILES string of the molecule is COc1ccccc1CNCc1ccn(CC(F)F)n1. The molecule has 0 fully saturated rings. The van der Waals surface area contributed by atoms with Crippen LogP contribution in [0.4, 0.5) is 8.78 Å². The second-order valence-corrected chi connectivity index (χ2v) is 4.34. The van der Waals surface area contributed by atoms with Crippen LogP contribution in [-0.4, -0.2) is 23.3 Å². The summed E-state index contributed by atoms with van der Waals surface area (Å²) in [6, 6.07) is 9.46. The molecule has 1 N–H and O–H groups in total. The number of nitrogens with one attached hydrogen (secondary N) is 1. The average Bonchev–Trinajstić information content (AvgIpc) is 2.86. The fraction of sp³-hybridized carbons (Fsp3) is 0.357. The Balaban J connectivity index is 1.85. The third kappa shape index (κ3) is 4.03. The third-order valence-corrected chi connectivity index (χ3v) is 2.84. The zero-order chi connectivity index (χ0) is 14.4. The first kappa shape index (κ1) is 14.5. The predicted octanol–water partition coefficient (Wildman–Crippen LogP) is 2.45. The lowest BCUT2D eigenvalue weighted by Gasteiger charge is -2.08. The van der Waals surface area contributed by atoms with Gasteiger partial charge in [-0.05, 0) is 12.1 Å². The van der Waals surface area contributed by atoms with Gasteiger partial charge in [-0.3, -0.25) is 4.68 Å². The molecule has 1 heterocycles. The van der Waals surface area contributed by atoms with Gasteiger partial charge in [0.05, 0.1) is 12.8 Å². The summed E-state index contributed by atoms with van der Waals surface area (Å²) in [4.78, 5) is 0. The van der Waals surface area contributed by atoms with E-state index in [0.29, 0.717) is 13.1 Å². The van der Waals surface area contributed by atoms with Crippen molar-refractivity contribution in [3.8, 4) is 5.75 Å². The van der Waals surface area contributed by atoms with Crippen LogP contribution in [0.15, 0.2) is 36.5 Å². The van der Waals surface area contributed by atoms with Gasteiger partial charge in [-0.2, -0.15) is 5.10 Å². The first-order chi connectivity index (χ1) is 9.69. The van der Waals surface area contributed by atoms with Crippen molar-refractivity contribution in [2.75, 3.05) is 7.11 Å². The van der Waals surface area contributed by atoms with Crippen molar-refractivity contribution in [2.45, 2.75) is 26.1 Å². The third-order valence-electron chi connectivity index (χ3n) is 2.84. The number of methoxy groups -OCH3 is 1. The molecule has 4 nitrogen and oxygen atoms in total. The lowest BCUT2D eigenvalue weighted by Crippen LogP contribution is -2.14. The molecule has 1 aromatic heterocycles. The van der Waals surface area contributed by atoms with Crippen molar-refractivity contribution in [2.24, 2.45) is 0 Å². The van der Waals surface area contributed by atoms with Crippen LogP contribution in [0.2, 0.25) is 0 Å². The zero-order valence-corrected chi connectivity index (χ0v) is 11.2. The molecule has 0 aliphatic heterocycles. The minimum absolute atomic E-state index is 0.369. The van der Waals surface area contributed by atoms with E-state index in [2.05, 4.69) is 10.4 Å². The molecule has 0 amide bonds. The van der Waals surface area contributed by atoms with Crippen LogP contribution in [0.5, 0.6) is 5.75 Å². The molecule has 2 aromatic rings. The molecular formula is C14H17F2N3O. The molecule has 20 heavy (non-hydrogen) atoms. The molecule has 0 aliphatic rings. The van der Waals surface area contributed by atoms with Gasteiger partial charge in [-0.25, -0.2) is 8.78 Å². The van der Waals surface area contributed by atoms with E-state index in [1.807, 2.05) is 24.3 Å². The summed E-state index contributed by atoms with van der Waals surface area (Å²) >= 11 is 0. The largest absolute Gasteiger partial charge is 0.496 e. The second kappa shape index (κ2) is 7.00. The highest BCUT2D eigenvalue weighted by Gasteiger charge is 2.06. The number of ether oxygens (including phenoxy) is 1. The van der Waals surface area contributed by atoms with E-state index in [1.54, 1.807) is 19.4 Å². The number of hydrogen-bond donors (Lipinski definition) is 1. The lowest BCUT2D eigenvalue weighted by molar-refractivity contribution is 0.121. The van der Waals surface area contributed by atoms with Gasteiger partial charge in [-0.1, -0.05) is 18.2 Å². The number of alkyl halides is 2. The average molecular weight is 281 g/mol. The van der Waals surface area contributed by atoms with E-state index >= 15 is 0 Å². The number of aromatic nitrogens is 2. The van der Waals surface area contributed by atoms with Crippen LogP contribution in [-0.2, 0) is 19.6 Å². The number of para-hydroxylation sites is 1. The summed E-state index contributed by atoms with van der Waals surface area (Å²) in [7, 11) is 1.63. The molecule has 0 radical (unpaired) electrons. The van der Waals surface area contributed by atoms with Crippen molar-refractivity contribution in [1.29, 1.82) is 0 Å². The summed E-state index contributed by atoms with van der Waals surface area (Å²) in [6.45, 7) is 0.784. The van der Waals surface area contributed by atoms with E-state index in [4.69, 9.17) is 4.74 Å². The van der Waals surface area contributed by atoms with Crippen LogP contribution in [0, 0.1) is 0 Å². The summed E-state index contributed by atoms with van der Waals surface area (Å²) in [5.74, 6) is 0.822. The van der Waals surface area contributed by atoms with Crippen molar-refractivity contribution in [1.82, 2.24) is 15.1 Å². The Bertz CT molecular complexity index is 543. The molecule has 108 valence electrons. The molecule has 0 atom stereocenters. The van der Waals surface area contributed by atoms with E-state index in [0.717, 1.165) is 17.0 Å². The smallest absolute Gasteiger partial charge is 0.257 e. The lowest BCUT2D eigenvalue weighted by atomic mass is 10.2. The maximum absolute atomic E-state index is 12.2. The minimum atomic E-state index is -2.38. The highest BCUT2D eigenvalue weighted by atomic mass is 19.3. The Morgan fingerprint density at radius 2 is 2.05 bits per heavy atom. The van der Waals surface area contributed by atoms with Crippen molar-refractivity contribution >= 4 is 0 Å². The molecule has 0 aliphatic carbocycles. The Kier molecular flexibility index (Phi) is 5.06. The number of hydrogen-bond acceptors (Lipinski definition) is 3. The maximum Gasteiger partial charge on any atom is 0.257 e. The first-order valence-corrected chi connectivity index (χ1v) is 6.32. The summed E-state index contributed by atoms with van der Waals surface area (Å²) < 4.78 is 30.9. The van der Waals surface area contributed by atoms with Gasteiger partial charge in [0.25, 0.3) is 6.43 Å². The van der Waals surface area contributed by atoms with E-state index in [-0.39, 0.29) is 6.54 Å². The van der Waals surface area contributed by atoms with Gasteiger partial charge >= 0.3 is 0 Å². The Morgan fingerprint density at radius 1 is 1.25 bits per heavy atom. The highest BCUT2D eigenvalue weighted by molar-refractivity contribution is 5.32. The van der Waals surface area contributed by atoms with Crippen LogP contribution < -0.4 is 10.1 Å². The summed E-state index contributed by atoms with van der Waals surface area (Å²) in [5, 5.41) is 7.28. The predicted molar refractivity (Wildman–Crippen MR) is 71.8 cm³/mol. The topological polar surface area (TPSA) is 39.1 Å². The van der Waals surface area contributed by atoms with Gasteiger partial charge in [-0.15, -0.1) is 0 Å². The molecular weight excluding hydrogens is 264 g/mol. The monoisotopic (exact) mass is 281 g/mol. The van der Waals surface area contributed by atoms with Crippen LogP contribution in [0.3, 0.4) is 0 Å². The van der Waals surface area contributed by atoms with Crippen molar-refractivity contribution in [3.63, 3.8) is 0 Å². The zero-order valence-electron chi connectivity index (χ0n) is 11.2. The number of halogens is 2. The standard InChI is InChI=1S/C14H17F2N3O/c1-20-13-5-3-2-4-11(13)8-17-9-12-6-7-19(18-12)10-14(15)16/h2-7,14,17H,8-10H2,1H3. The molecule has 0 saturated carbocycles. The Morgan fingerprint density at radius 3 is 2.80 bits per heavy atom. The fourth-order valence-corrected chi connectivity index (χ4v) is 1.92. The Hall–Kier alpha value is -1.95. The first-order valence-electron chi connectivity index (χ1n) is 6.32. The van der Waals surface area contributed by atoms with Crippen LogP contribution in [0.1, 0.15) is 11.3 Å². The van der Waals surface area contributed by atoms with Gasteiger partial charge in [0.1, 0.15) is 12.3 Å². The molecule has 0 unspecified atom stereocenters. The normalized spacial score (nSPS) is 11.0. The quantitative estimate of drug-likeness (QED) is 0.847. The second-order valence-electron chi connectivity index (χ2n) is 4.34. The molecule has 1 aromatic carbocycles. The van der Waals surface area contributed by atoms with Gasteiger partial charge in [0, 0.05) is 24.8 Å². The number of rotatable bonds is 7. The summed E-state index contributed by atoms with van der Waals surface area (Å²) in [5.41, 5.74) is 1.78. The van der Waals surface area contributed by atoms with Crippen molar-refractivity contribution in [3.05, 3.63) is 47.8 Å². The van der Waals surface area contributed by atoms with Crippen LogP contribution in [0.25, 0.3) is 0 Å². The van der Waals surface area contributed by atoms with Crippen LogP contribution >= 0.6 is 0 Å². The molecule has 0 spiro atoms.